The van der Waals surface area contributed by atoms with Gasteiger partial charge in [0.2, 0.25) is 0 Å². The smallest absolute Gasteiger partial charge is 0.267 e. The Balaban J connectivity index is 2.41. The highest BCUT2D eigenvalue weighted by atomic mass is 35.5. The molecule has 3 aromatic rings. The number of hydrogen-bond donors (Lipinski definition) is 1. The SMILES string of the molecule is Cc1ccc(-c2c(C)n[nH]c(=O)c2-c2c(Cl)cccc2Cl)nc1C. The zero-order chi connectivity index (χ0) is 17.4. The van der Waals surface area contributed by atoms with Crippen LogP contribution in [0, 0.1) is 20.8 Å². The summed E-state index contributed by atoms with van der Waals surface area (Å²) in [6.45, 7) is 5.73. The van der Waals surface area contributed by atoms with E-state index in [2.05, 4.69) is 15.2 Å². The number of nitrogens with one attached hydrogen (secondary N) is 1. The molecule has 0 saturated carbocycles. The number of H-pyrrole nitrogens is 1. The Morgan fingerprint density at radius 1 is 0.875 bits per heavy atom. The molecule has 122 valence electrons. The fraction of sp³-hybridized carbons (Fsp3) is 0.167. The maximum atomic E-state index is 12.6. The molecule has 0 atom stereocenters. The van der Waals surface area contributed by atoms with Gasteiger partial charge in [0.05, 0.1) is 27.0 Å². The van der Waals surface area contributed by atoms with Crippen LogP contribution in [-0.2, 0) is 0 Å². The van der Waals surface area contributed by atoms with E-state index in [1.54, 1.807) is 18.2 Å². The Kier molecular flexibility index (Phi) is 4.43. The van der Waals surface area contributed by atoms with Crippen molar-refractivity contribution in [1.82, 2.24) is 15.2 Å². The molecule has 0 spiro atoms. The van der Waals surface area contributed by atoms with Crippen molar-refractivity contribution in [2.75, 3.05) is 0 Å². The van der Waals surface area contributed by atoms with Crippen LogP contribution < -0.4 is 5.56 Å². The molecule has 1 N–H and O–H groups in total. The van der Waals surface area contributed by atoms with Gasteiger partial charge in [0.15, 0.2) is 0 Å². The van der Waals surface area contributed by atoms with Crippen molar-refractivity contribution in [3.63, 3.8) is 0 Å². The molecule has 6 heteroatoms. The zero-order valence-corrected chi connectivity index (χ0v) is 15.0. The van der Waals surface area contributed by atoms with Crippen LogP contribution in [0.25, 0.3) is 22.4 Å². The predicted molar refractivity (Wildman–Crippen MR) is 97.8 cm³/mol. The monoisotopic (exact) mass is 359 g/mol. The van der Waals surface area contributed by atoms with Crippen LogP contribution in [-0.4, -0.2) is 15.2 Å². The highest BCUT2D eigenvalue weighted by Crippen LogP contribution is 2.38. The van der Waals surface area contributed by atoms with Gasteiger partial charge in [-0.1, -0.05) is 35.3 Å². The molecule has 0 amide bonds. The molecule has 1 aromatic carbocycles. The van der Waals surface area contributed by atoms with Crippen LogP contribution in [0.1, 0.15) is 17.0 Å². The van der Waals surface area contributed by atoms with Crippen molar-refractivity contribution in [2.45, 2.75) is 20.8 Å². The molecule has 2 heterocycles. The summed E-state index contributed by atoms with van der Waals surface area (Å²) >= 11 is 12.7. The van der Waals surface area contributed by atoms with Crippen LogP contribution in [0.15, 0.2) is 35.1 Å². The predicted octanol–water partition coefficient (Wildman–Crippen LogP) is 4.73. The summed E-state index contributed by atoms with van der Waals surface area (Å²) in [4.78, 5) is 17.2. The third-order valence-electron chi connectivity index (χ3n) is 3.98. The first-order valence-electron chi connectivity index (χ1n) is 7.38. The Labute approximate surface area is 149 Å². The molecule has 0 saturated heterocycles. The van der Waals surface area contributed by atoms with Gasteiger partial charge in [-0.25, -0.2) is 5.10 Å². The first-order chi connectivity index (χ1) is 11.4. The molecule has 0 bridgehead atoms. The Bertz CT molecular complexity index is 976. The number of nitrogens with zero attached hydrogens (tertiary/aromatic N) is 2. The van der Waals surface area contributed by atoms with Crippen LogP contribution in [0.5, 0.6) is 0 Å². The van der Waals surface area contributed by atoms with Gasteiger partial charge in [0.1, 0.15) is 0 Å². The van der Waals surface area contributed by atoms with Crippen molar-refractivity contribution in [3.8, 4) is 22.4 Å². The third kappa shape index (κ3) is 2.83. The van der Waals surface area contributed by atoms with Crippen molar-refractivity contribution >= 4 is 23.2 Å². The second-order valence-corrected chi connectivity index (χ2v) is 6.40. The molecule has 0 radical (unpaired) electrons. The summed E-state index contributed by atoms with van der Waals surface area (Å²) < 4.78 is 0. The lowest BCUT2D eigenvalue weighted by atomic mass is 9.97. The van der Waals surface area contributed by atoms with E-state index in [1.165, 1.54) is 0 Å². The van der Waals surface area contributed by atoms with E-state index in [4.69, 9.17) is 23.2 Å². The minimum atomic E-state index is -0.356. The second-order valence-electron chi connectivity index (χ2n) is 5.58. The number of aromatic nitrogens is 3. The minimum absolute atomic E-state index is 0.356. The van der Waals surface area contributed by atoms with Gasteiger partial charge in [-0.3, -0.25) is 9.78 Å². The van der Waals surface area contributed by atoms with Gasteiger partial charge in [0, 0.05) is 16.8 Å². The molecular formula is C18H15Cl2N3O. The number of rotatable bonds is 2. The fourth-order valence-corrected chi connectivity index (χ4v) is 3.19. The van der Waals surface area contributed by atoms with Crippen molar-refractivity contribution in [3.05, 3.63) is 67.7 Å². The first-order valence-corrected chi connectivity index (χ1v) is 8.14. The Morgan fingerprint density at radius 2 is 1.54 bits per heavy atom. The van der Waals surface area contributed by atoms with Crippen molar-refractivity contribution in [1.29, 1.82) is 0 Å². The summed E-state index contributed by atoms with van der Waals surface area (Å²) in [7, 11) is 0. The molecule has 24 heavy (non-hydrogen) atoms. The normalized spacial score (nSPS) is 10.9. The molecular weight excluding hydrogens is 345 g/mol. The summed E-state index contributed by atoms with van der Waals surface area (Å²) in [6.07, 6.45) is 0. The average Bonchev–Trinajstić information content (AvgIpc) is 2.53. The van der Waals surface area contributed by atoms with E-state index in [0.717, 1.165) is 11.3 Å². The quantitative estimate of drug-likeness (QED) is 0.719. The van der Waals surface area contributed by atoms with Gasteiger partial charge in [0.25, 0.3) is 5.56 Å². The first kappa shape index (κ1) is 16.7. The zero-order valence-electron chi connectivity index (χ0n) is 13.4. The van der Waals surface area contributed by atoms with Crippen molar-refractivity contribution in [2.24, 2.45) is 0 Å². The molecule has 0 aliphatic rings. The summed E-state index contributed by atoms with van der Waals surface area (Å²) in [5, 5.41) is 7.41. The van der Waals surface area contributed by atoms with Crippen LogP contribution in [0.4, 0.5) is 0 Å². The lowest BCUT2D eigenvalue weighted by Gasteiger charge is -2.14. The summed E-state index contributed by atoms with van der Waals surface area (Å²) in [6, 6.07) is 8.99. The number of benzene rings is 1. The second kappa shape index (κ2) is 6.38. The summed E-state index contributed by atoms with van der Waals surface area (Å²) in [5.74, 6) is 0. The fourth-order valence-electron chi connectivity index (χ4n) is 2.60. The van der Waals surface area contributed by atoms with Crippen LogP contribution in [0.2, 0.25) is 10.0 Å². The van der Waals surface area contributed by atoms with Crippen LogP contribution in [0.3, 0.4) is 0 Å². The summed E-state index contributed by atoms with van der Waals surface area (Å²) in [5.41, 5.74) is 4.44. The van der Waals surface area contributed by atoms with E-state index < -0.39 is 0 Å². The van der Waals surface area contributed by atoms with E-state index >= 15 is 0 Å². The van der Waals surface area contributed by atoms with Crippen molar-refractivity contribution < 1.29 is 0 Å². The third-order valence-corrected chi connectivity index (χ3v) is 4.61. The van der Waals surface area contributed by atoms with Crippen LogP contribution >= 0.6 is 23.2 Å². The van der Waals surface area contributed by atoms with Gasteiger partial charge in [-0.2, -0.15) is 5.10 Å². The Morgan fingerprint density at radius 3 is 2.17 bits per heavy atom. The number of aryl methyl sites for hydroxylation is 3. The highest BCUT2D eigenvalue weighted by Gasteiger charge is 2.21. The topological polar surface area (TPSA) is 58.6 Å². The standard InChI is InChI=1S/C18H15Cl2N3O/c1-9-7-8-14(21-10(9)2)15-11(3)22-23-18(24)17(15)16-12(19)5-4-6-13(16)20/h4-8H,1-3H3,(H,23,24). The molecule has 4 nitrogen and oxygen atoms in total. The average molecular weight is 360 g/mol. The lowest BCUT2D eigenvalue weighted by molar-refractivity contribution is 0.948. The van der Waals surface area contributed by atoms with E-state index in [0.29, 0.717) is 38.1 Å². The number of hydrogen-bond acceptors (Lipinski definition) is 3. The molecule has 0 aliphatic heterocycles. The van der Waals surface area contributed by atoms with E-state index in [9.17, 15) is 4.79 Å². The number of halogens is 2. The molecule has 3 rings (SSSR count). The lowest BCUT2D eigenvalue weighted by Crippen LogP contribution is -2.15. The van der Waals surface area contributed by atoms with E-state index in [-0.39, 0.29) is 5.56 Å². The maximum Gasteiger partial charge on any atom is 0.272 e. The van der Waals surface area contributed by atoms with Gasteiger partial charge < -0.3 is 0 Å². The Hall–Kier alpha value is -2.17. The molecule has 2 aromatic heterocycles. The number of pyridine rings is 1. The number of aromatic amines is 1. The maximum absolute atomic E-state index is 12.6. The highest BCUT2D eigenvalue weighted by molar-refractivity contribution is 6.39. The largest absolute Gasteiger partial charge is 0.272 e. The van der Waals surface area contributed by atoms with Gasteiger partial charge in [-0.05, 0) is 44.5 Å². The minimum Gasteiger partial charge on any atom is -0.267 e. The van der Waals surface area contributed by atoms with E-state index in [1.807, 2.05) is 32.9 Å². The molecule has 0 fully saturated rings. The van der Waals surface area contributed by atoms with Gasteiger partial charge in [-0.15, -0.1) is 0 Å². The molecule has 0 aliphatic carbocycles. The van der Waals surface area contributed by atoms with Gasteiger partial charge >= 0.3 is 0 Å². The molecule has 0 unspecified atom stereocenters.